The summed E-state index contributed by atoms with van der Waals surface area (Å²) in [4.78, 5) is 8.40. The van der Waals surface area contributed by atoms with Gasteiger partial charge >= 0.3 is 6.18 Å². The maximum atomic E-state index is 12.8. The van der Waals surface area contributed by atoms with Crippen molar-refractivity contribution in [3.05, 3.63) is 23.9 Å². The van der Waals surface area contributed by atoms with Crippen molar-refractivity contribution in [2.45, 2.75) is 57.3 Å². The lowest BCUT2D eigenvalue weighted by Gasteiger charge is -2.31. The van der Waals surface area contributed by atoms with Gasteiger partial charge in [-0.05, 0) is 56.1 Å². The van der Waals surface area contributed by atoms with Gasteiger partial charge in [-0.3, -0.25) is 4.99 Å². The molecule has 0 spiro atoms. The summed E-state index contributed by atoms with van der Waals surface area (Å²) in [5.74, 6) is 0.720. The molecule has 2 aliphatic rings. The minimum absolute atomic E-state index is 0.0182. The van der Waals surface area contributed by atoms with Crippen LogP contribution in [0.1, 0.15) is 44.1 Å². The fraction of sp³-hybridized carbons (Fsp3) is 0.684. The van der Waals surface area contributed by atoms with E-state index in [1.165, 1.54) is 12.8 Å². The quantitative estimate of drug-likeness (QED) is 0.581. The van der Waals surface area contributed by atoms with Gasteiger partial charge in [0, 0.05) is 31.9 Å². The molecule has 1 aromatic heterocycles. The van der Waals surface area contributed by atoms with Gasteiger partial charge in [-0.15, -0.1) is 0 Å². The molecular formula is C19H27F3N4O. The van der Waals surface area contributed by atoms with Crippen LogP contribution in [0, 0.1) is 11.8 Å². The van der Waals surface area contributed by atoms with E-state index in [4.69, 9.17) is 4.74 Å². The Bertz CT molecular complexity index is 638. The van der Waals surface area contributed by atoms with Crippen molar-refractivity contribution in [3.63, 3.8) is 0 Å². The number of aliphatic imine (C=N–C) groups is 1. The van der Waals surface area contributed by atoms with Gasteiger partial charge in [0.05, 0.1) is 12.5 Å². The molecule has 0 saturated heterocycles. The zero-order valence-corrected chi connectivity index (χ0v) is 15.6. The maximum absolute atomic E-state index is 12.8. The number of pyridine rings is 1. The lowest BCUT2D eigenvalue weighted by Crippen LogP contribution is -2.45. The highest BCUT2D eigenvalue weighted by molar-refractivity contribution is 5.79. The molecule has 2 aliphatic carbocycles. The fourth-order valence-electron chi connectivity index (χ4n) is 3.27. The number of rotatable bonds is 6. The summed E-state index contributed by atoms with van der Waals surface area (Å²) in [6.45, 7) is 1.26. The largest absolute Gasteiger partial charge is 0.477 e. The van der Waals surface area contributed by atoms with Crippen LogP contribution in [0.15, 0.2) is 23.3 Å². The lowest BCUT2D eigenvalue weighted by molar-refractivity contribution is -0.182. The summed E-state index contributed by atoms with van der Waals surface area (Å²) < 4.78 is 44.0. The number of ether oxygens (including phenoxy) is 1. The van der Waals surface area contributed by atoms with Gasteiger partial charge in [-0.25, -0.2) is 4.98 Å². The molecule has 3 rings (SSSR count). The van der Waals surface area contributed by atoms with Crippen LogP contribution in [0.5, 0.6) is 5.88 Å². The molecule has 27 heavy (non-hydrogen) atoms. The minimum Gasteiger partial charge on any atom is -0.477 e. The average molecular weight is 384 g/mol. The van der Waals surface area contributed by atoms with E-state index in [2.05, 4.69) is 20.6 Å². The topological polar surface area (TPSA) is 58.5 Å². The molecule has 2 fully saturated rings. The van der Waals surface area contributed by atoms with E-state index in [-0.39, 0.29) is 18.9 Å². The monoisotopic (exact) mass is 384 g/mol. The Balaban J connectivity index is 1.43. The molecule has 0 amide bonds. The summed E-state index contributed by atoms with van der Waals surface area (Å²) in [5.41, 5.74) is 1.01. The Morgan fingerprint density at radius 3 is 2.59 bits per heavy atom. The molecule has 2 saturated carbocycles. The molecule has 5 nitrogen and oxygen atoms in total. The number of nitrogens with zero attached hydrogens (tertiary/aromatic N) is 2. The van der Waals surface area contributed by atoms with Gasteiger partial charge in [-0.1, -0.05) is 0 Å². The zero-order chi connectivity index (χ0) is 19.3. The van der Waals surface area contributed by atoms with Gasteiger partial charge in [0.25, 0.3) is 0 Å². The van der Waals surface area contributed by atoms with Crippen molar-refractivity contribution in [1.29, 1.82) is 0 Å². The van der Waals surface area contributed by atoms with Crippen LogP contribution >= 0.6 is 0 Å². The number of hydrogen-bond donors (Lipinski definition) is 2. The van der Waals surface area contributed by atoms with Crippen LogP contribution in [0.4, 0.5) is 13.2 Å². The highest BCUT2D eigenvalue weighted by atomic mass is 19.4. The predicted octanol–water partition coefficient (Wildman–Crippen LogP) is 3.66. The molecule has 0 unspecified atom stereocenters. The second-order valence-electron chi connectivity index (χ2n) is 7.42. The lowest BCUT2D eigenvalue weighted by atomic mass is 9.85. The van der Waals surface area contributed by atoms with Gasteiger partial charge in [0.15, 0.2) is 5.96 Å². The number of alkyl halides is 3. The van der Waals surface area contributed by atoms with Crippen molar-refractivity contribution in [2.24, 2.45) is 16.8 Å². The highest BCUT2D eigenvalue weighted by Crippen LogP contribution is 2.37. The Labute approximate surface area is 157 Å². The normalized spacial score (nSPS) is 23.8. The molecule has 0 bridgehead atoms. The molecule has 1 heterocycles. The first-order chi connectivity index (χ1) is 12.9. The SMILES string of the molecule is CN=C(NCc1ccnc(OCC2CC2)c1)NC1CCC(C(F)(F)F)CC1. The van der Waals surface area contributed by atoms with Crippen LogP contribution in [0.3, 0.4) is 0 Å². The maximum Gasteiger partial charge on any atom is 0.391 e. The van der Waals surface area contributed by atoms with Crippen molar-refractivity contribution < 1.29 is 17.9 Å². The summed E-state index contributed by atoms with van der Waals surface area (Å²) in [7, 11) is 1.66. The van der Waals surface area contributed by atoms with Gasteiger partial charge < -0.3 is 15.4 Å². The van der Waals surface area contributed by atoms with Crippen LogP contribution < -0.4 is 15.4 Å². The summed E-state index contributed by atoms with van der Waals surface area (Å²) in [6.07, 6.45) is 1.44. The molecule has 1 aromatic rings. The van der Waals surface area contributed by atoms with Crippen molar-refractivity contribution in [1.82, 2.24) is 15.6 Å². The Hall–Kier alpha value is -1.99. The second-order valence-corrected chi connectivity index (χ2v) is 7.42. The Morgan fingerprint density at radius 2 is 1.96 bits per heavy atom. The average Bonchev–Trinajstić information content (AvgIpc) is 3.48. The number of halogens is 3. The third-order valence-corrected chi connectivity index (χ3v) is 5.18. The summed E-state index contributed by atoms with van der Waals surface area (Å²) >= 11 is 0. The van der Waals surface area contributed by atoms with Gasteiger partial charge in [0.2, 0.25) is 5.88 Å². The Morgan fingerprint density at radius 1 is 1.22 bits per heavy atom. The van der Waals surface area contributed by atoms with E-state index in [0.717, 1.165) is 5.56 Å². The minimum atomic E-state index is -4.08. The molecular weight excluding hydrogens is 357 g/mol. The standard InChI is InChI=1S/C19H27F3N4O/c1-23-18(26-16-6-4-15(5-7-16)19(20,21)22)25-11-14-8-9-24-17(10-14)27-12-13-2-3-13/h8-10,13,15-16H,2-7,11-12H2,1H3,(H2,23,25,26). The van der Waals surface area contributed by atoms with E-state index in [1.807, 2.05) is 12.1 Å². The molecule has 0 aromatic carbocycles. The van der Waals surface area contributed by atoms with Crippen LogP contribution in [0.2, 0.25) is 0 Å². The summed E-state index contributed by atoms with van der Waals surface area (Å²) in [6, 6.07) is 3.82. The fourth-order valence-corrected chi connectivity index (χ4v) is 3.27. The zero-order valence-electron chi connectivity index (χ0n) is 15.6. The third kappa shape index (κ3) is 6.29. The van der Waals surface area contributed by atoms with E-state index in [1.54, 1.807) is 13.2 Å². The highest BCUT2D eigenvalue weighted by Gasteiger charge is 2.41. The first-order valence-corrected chi connectivity index (χ1v) is 9.55. The van der Waals surface area contributed by atoms with Crippen molar-refractivity contribution in [3.8, 4) is 5.88 Å². The number of nitrogens with one attached hydrogen (secondary N) is 2. The number of hydrogen-bond acceptors (Lipinski definition) is 3. The molecule has 0 radical (unpaired) electrons. The van der Waals surface area contributed by atoms with E-state index in [9.17, 15) is 13.2 Å². The number of aromatic nitrogens is 1. The smallest absolute Gasteiger partial charge is 0.391 e. The molecule has 150 valence electrons. The predicted molar refractivity (Wildman–Crippen MR) is 97.6 cm³/mol. The molecule has 2 N–H and O–H groups in total. The third-order valence-electron chi connectivity index (χ3n) is 5.18. The van der Waals surface area contributed by atoms with Crippen LogP contribution in [-0.2, 0) is 6.54 Å². The summed E-state index contributed by atoms with van der Waals surface area (Å²) in [5, 5.41) is 6.45. The van der Waals surface area contributed by atoms with Gasteiger partial charge in [0.1, 0.15) is 0 Å². The molecule has 8 heteroatoms. The molecule has 0 atom stereocenters. The van der Waals surface area contributed by atoms with E-state index >= 15 is 0 Å². The van der Waals surface area contributed by atoms with Crippen molar-refractivity contribution in [2.75, 3.05) is 13.7 Å². The van der Waals surface area contributed by atoms with Crippen LogP contribution in [-0.4, -0.2) is 36.8 Å². The van der Waals surface area contributed by atoms with Crippen molar-refractivity contribution >= 4 is 5.96 Å². The number of guanidine groups is 1. The second kappa shape index (κ2) is 8.80. The van der Waals surface area contributed by atoms with E-state index in [0.29, 0.717) is 43.8 Å². The Kier molecular flexibility index (Phi) is 6.44. The van der Waals surface area contributed by atoms with Crippen LogP contribution in [0.25, 0.3) is 0 Å². The molecule has 0 aliphatic heterocycles. The van der Waals surface area contributed by atoms with Gasteiger partial charge in [-0.2, -0.15) is 13.2 Å². The first-order valence-electron chi connectivity index (χ1n) is 9.55. The first kappa shape index (κ1) is 19.8. The van der Waals surface area contributed by atoms with E-state index < -0.39 is 12.1 Å².